The summed E-state index contributed by atoms with van der Waals surface area (Å²) >= 11 is 0. The summed E-state index contributed by atoms with van der Waals surface area (Å²) in [5, 5.41) is 0. The molecule has 4 heteroatoms. The van der Waals surface area contributed by atoms with E-state index in [4.69, 9.17) is 5.73 Å². The summed E-state index contributed by atoms with van der Waals surface area (Å²) in [5.41, 5.74) is 5.60. The standard InChI is InChI=1S/C12H21NO3/c1-9(2)11(13)12(16)10(15)7-5-3-4-6-8-14/h8-9,11H,3-7,13H2,1-2H3/t11-/m0/s1. The second kappa shape index (κ2) is 8.16. The zero-order valence-electron chi connectivity index (χ0n) is 10.1. The molecule has 92 valence electrons. The first-order valence-electron chi connectivity index (χ1n) is 5.77. The first kappa shape index (κ1) is 15.0. The van der Waals surface area contributed by atoms with Crippen molar-refractivity contribution in [3.63, 3.8) is 0 Å². The normalized spacial score (nSPS) is 12.5. The third-order valence-electron chi connectivity index (χ3n) is 2.52. The fraction of sp³-hybridized carbons (Fsp3) is 0.750. The van der Waals surface area contributed by atoms with Gasteiger partial charge in [-0.25, -0.2) is 0 Å². The van der Waals surface area contributed by atoms with Gasteiger partial charge in [0.2, 0.25) is 5.78 Å². The molecule has 0 fully saturated rings. The van der Waals surface area contributed by atoms with E-state index >= 15 is 0 Å². The second-order valence-electron chi connectivity index (χ2n) is 4.32. The quantitative estimate of drug-likeness (QED) is 0.365. The summed E-state index contributed by atoms with van der Waals surface area (Å²) in [6.07, 6.45) is 3.87. The molecular weight excluding hydrogens is 206 g/mol. The number of carbonyl (C=O) groups is 3. The molecule has 2 N–H and O–H groups in total. The Hall–Kier alpha value is -1.03. The summed E-state index contributed by atoms with van der Waals surface area (Å²) in [5.74, 6) is -0.857. The SMILES string of the molecule is CC(C)[C@H](N)C(=O)C(=O)CCCCCC=O. The molecule has 1 atom stereocenters. The van der Waals surface area contributed by atoms with Crippen LogP contribution in [0.2, 0.25) is 0 Å². The highest BCUT2D eigenvalue weighted by Crippen LogP contribution is 2.06. The van der Waals surface area contributed by atoms with Crippen LogP contribution >= 0.6 is 0 Å². The Kier molecular flexibility index (Phi) is 7.64. The van der Waals surface area contributed by atoms with Crippen molar-refractivity contribution in [2.75, 3.05) is 0 Å². The molecule has 0 spiro atoms. The minimum Gasteiger partial charge on any atom is -0.321 e. The van der Waals surface area contributed by atoms with Crippen molar-refractivity contribution >= 4 is 17.9 Å². The summed E-state index contributed by atoms with van der Waals surface area (Å²) in [6.45, 7) is 3.64. The number of carbonyl (C=O) groups excluding carboxylic acids is 3. The highest BCUT2D eigenvalue weighted by Gasteiger charge is 2.23. The van der Waals surface area contributed by atoms with Crippen molar-refractivity contribution < 1.29 is 14.4 Å². The van der Waals surface area contributed by atoms with Gasteiger partial charge in [-0.15, -0.1) is 0 Å². The molecule has 0 aromatic rings. The first-order chi connectivity index (χ1) is 7.50. The van der Waals surface area contributed by atoms with E-state index < -0.39 is 11.8 Å². The van der Waals surface area contributed by atoms with Gasteiger partial charge in [0.25, 0.3) is 0 Å². The Labute approximate surface area is 96.6 Å². The van der Waals surface area contributed by atoms with Crippen molar-refractivity contribution in [2.24, 2.45) is 11.7 Å². The fourth-order valence-corrected chi connectivity index (χ4v) is 1.30. The monoisotopic (exact) mass is 227 g/mol. The van der Waals surface area contributed by atoms with Crippen molar-refractivity contribution in [3.05, 3.63) is 0 Å². The average Bonchev–Trinajstić information content (AvgIpc) is 2.26. The smallest absolute Gasteiger partial charge is 0.215 e. The maximum absolute atomic E-state index is 11.5. The van der Waals surface area contributed by atoms with E-state index in [1.807, 2.05) is 13.8 Å². The van der Waals surface area contributed by atoms with Crippen LogP contribution in [0.15, 0.2) is 0 Å². The lowest BCUT2D eigenvalue weighted by Crippen LogP contribution is -2.40. The van der Waals surface area contributed by atoms with Crippen LogP contribution in [0.3, 0.4) is 0 Å². The molecule has 0 amide bonds. The zero-order chi connectivity index (χ0) is 12.6. The molecule has 0 heterocycles. The Bertz CT molecular complexity index is 249. The van der Waals surface area contributed by atoms with E-state index in [2.05, 4.69) is 0 Å². The Morgan fingerprint density at radius 3 is 2.31 bits per heavy atom. The van der Waals surface area contributed by atoms with Gasteiger partial charge >= 0.3 is 0 Å². The molecule has 0 aromatic heterocycles. The van der Waals surface area contributed by atoms with Gasteiger partial charge in [0.15, 0.2) is 5.78 Å². The number of ketones is 2. The molecule has 0 aromatic carbocycles. The fourth-order valence-electron chi connectivity index (χ4n) is 1.30. The van der Waals surface area contributed by atoms with Crippen molar-refractivity contribution in [3.8, 4) is 0 Å². The molecule has 0 aliphatic rings. The highest BCUT2D eigenvalue weighted by atomic mass is 16.2. The summed E-state index contributed by atoms with van der Waals surface area (Å²) < 4.78 is 0. The molecule has 0 radical (unpaired) electrons. The number of nitrogens with two attached hydrogens (primary N) is 1. The maximum Gasteiger partial charge on any atom is 0.215 e. The minimum atomic E-state index is -0.678. The van der Waals surface area contributed by atoms with Crippen molar-refractivity contribution in [1.29, 1.82) is 0 Å². The van der Waals surface area contributed by atoms with Crippen LogP contribution in [0, 0.1) is 5.92 Å². The van der Waals surface area contributed by atoms with Crippen LogP contribution < -0.4 is 5.73 Å². The lowest BCUT2D eigenvalue weighted by atomic mass is 9.96. The first-order valence-corrected chi connectivity index (χ1v) is 5.77. The Morgan fingerprint density at radius 2 is 1.81 bits per heavy atom. The molecular formula is C12H21NO3. The Morgan fingerprint density at radius 1 is 1.19 bits per heavy atom. The molecule has 0 bridgehead atoms. The van der Waals surface area contributed by atoms with Crippen LogP contribution in [-0.2, 0) is 14.4 Å². The molecule has 4 nitrogen and oxygen atoms in total. The number of unbranched alkanes of at least 4 members (excludes halogenated alkanes) is 3. The van der Waals surface area contributed by atoms with E-state index in [9.17, 15) is 14.4 Å². The second-order valence-corrected chi connectivity index (χ2v) is 4.32. The lowest BCUT2D eigenvalue weighted by molar-refractivity contribution is -0.137. The minimum absolute atomic E-state index is 0.00786. The lowest BCUT2D eigenvalue weighted by Gasteiger charge is -2.12. The van der Waals surface area contributed by atoms with Crippen molar-refractivity contribution in [1.82, 2.24) is 0 Å². The summed E-state index contributed by atoms with van der Waals surface area (Å²) in [4.78, 5) is 32.9. The molecule has 0 aliphatic carbocycles. The van der Waals surface area contributed by atoms with Gasteiger partial charge < -0.3 is 10.5 Å². The third-order valence-corrected chi connectivity index (χ3v) is 2.52. The molecule has 0 aliphatic heterocycles. The molecule has 16 heavy (non-hydrogen) atoms. The van der Waals surface area contributed by atoms with Gasteiger partial charge in [-0.1, -0.05) is 20.3 Å². The largest absolute Gasteiger partial charge is 0.321 e. The van der Waals surface area contributed by atoms with Gasteiger partial charge in [-0.2, -0.15) is 0 Å². The molecule has 0 saturated carbocycles. The molecule has 0 rings (SSSR count). The average molecular weight is 227 g/mol. The van der Waals surface area contributed by atoms with Crippen LogP contribution in [0.5, 0.6) is 0 Å². The van der Waals surface area contributed by atoms with E-state index in [1.165, 1.54) is 0 Å². The molecule has 0 saturated heterocycles. The van der Waals surface area contributed by atoms with E-state index in [1.54, 1.807) is 0 Å². The predicted octanol–water partition coefficient (Wildman–Crippen LogP) is 1.26. The summed E-state index contributed by atoms with van der Waals surface area (Å²) in [6, 6.07) is -0.678. The van der Waals surface area contributed by atoms with Gasteiger partial charge in [0, 0.05) is 12.8 Å². The highest BCUT2D eigenvalue weighted by molar-refractivity contribution is 6.39. The Balaban J connectivity index is 3.80. The number of hydrogen-bond donors (Lipinski definition) is 1. The van der Waals surface area contributed by atoms with Gasteiger partial charge in [0.05, 0.1) is 6.04 Å². The van der Waals surface area contributed by atoms with E-state index in [-0.39, 0.29) is 18.1 Å². The third kappa shape index (κ3) is 5.75. The number of hydrogen-bond acceptors (Lipinski definition) is 4. The molecule has 0 unspecified atom stereocenters. The zero-order valence-corrected chi connectivity index (χ0v) is 10.1. The maximum atomic E-state index is 11.5. The van der Waals surface area contributed by atoms with Crippen LogP contribution in [0.25, 0.3) is 0 Å². The van der Waals surface area contributed by atoms with Crippen LogP contribution in [0.4, 0.5) is 0 Å². The van der Waals surface area contributed by atoms with Gasteiger partial charge in [-0.3, -0.25) is 9.59 Å². The number of aldehydes is 1. The summed E-state index contributed by atoms with van der Waals surface area (Å²) in [7, 11) is 0. The van der Waals surface area contributed by atoms with Crippen molar-refractivity contribution in [2.45, 2.75) is 52.0 Å². The van der Waals surface area contributed by atoms with Gasteiger partial charge in [-0.05, 0) is 18.8 Å². The van der Waals surface area contributed by atoms with Crippen LogP contribution in [0.1, 0.15) is 46.0 Å². The predicted molar refractivity (Wildman–Crippen MR) is 62.0 cm³/mol. The topological polar surface area (TPSA) is 77.2 Å². The van der Waals surface area contributed by atoms with E-state index in [0.29, 0.717) is 12.8 Å². The van der Waals surface area contributed by atoms with Crippen LogP contribution in [-0.4, -0.2) is 23.9 Å². The number of rotatable bonds is 9. The number of Topliss-reactive ketones (excluding diaryl/α,β-unsaturated/α-hetero) is 2. The van der Waals surface area contributed by atoms with Gasteiger partial charge in [0.1, 0.15) is 6.29 Å². The van der Waals surface area contributed by atoms with E-state index in [0.717, 1.165) is 19.1 Å².